The number of carbonyl (C=O) groups is 4. The number of nitrogens with one attached hydrogen (secondary N) is 4. The Morgan fingerprint density at radius 2 is 1.03 bits per heavy atom. The summed E-state index contributed by atoms with van der Waals surface area (Å²) in [5, 5.41) is 33.2. The van der Waals surface area contributed by atoms with Crippen LogP contribution in [0.2, 0.25) is 0 Å². The maximum atomic E-state index is 13.5. The van der Waals surface area contributed by atoms with Crippen LogP contribution < -0.4 is 21.3 Å². The van der Waals surface area contributed by atoms with Crippen LogP contribution in [0.5, 0.6) is 11.5 Å². The molecular formula is C26H32N4O8. The van der Waals surface area contributed by atoms with Gasteiger partial charge in [-0.25, -0.2) is 0 Å². The molecule has 0 aromatic heterocycles. The average molecular weight is 529 g/mol. The summed E-state index contributed by atoms with van der Waals surface area (Å²) in [6, 6.07) is 5.69. The molecule has 0 aliphatic heterocycles. The molecule has 0 unspecified atom stereocenters. The summed E-state index contributed by atoms with van der Waals surface area (Å²) >= 11 is 0. The van der Waals surface area contributed by atoms with Crippen LogP contribution in [-0.4, -0.2) is 86.2 Å². The predicted molar refractivity (Wildman–Crippen MR) is 139 cm³/mol. The van der Waals surface area contributed by atoms with E-state index in [0.717, 1.165) is 0 Å². The molecule has 1 aliphatic rings. The first-order chi connectivity index (χ1) is 18.2. The average Bonchev–Trinajstić information content (AvgIpc) is 2.87. The van der Waals surface area contributed by atoms with Crippen molar-refractivity contribution in [1.82, 2.24) is 10.6 Å². The van der Waals surface area contributed by atoms with E-state index < -0.39 is 23.1 Å². The second-order valence-electron chi connectivity index (χ2n) is 8.46. The molecule has 0 saturated heterocycles. The highest BCUT2D eigenvalue weighted by molar-refractivity contribution is 6.33. The number of anilines is 2. The lowest BCUT2D eigenvalue weighted by Crippen LogP contribution is -2.29. The molecular weight excluding hydrogens is 496 g/mol. The molecule has 0 bridgehead atoms. The second-order valence-corrected chi connectivity index (χ2v) is 8.46. The smallest absolute Gasteiger partial charge is 0.302 e. The zero-order valence-electron chi connectivity index (χ0n) is 21.3. The maximum absolute atomic E-state index is 13.5. The van der Waals surface area contributed by atoms with Gasteiger partial charge in [0.25, 0.3) is 0 Å². The fraction of sp³-hybridized carbons (Fsp3) is 0.385. The lowest BCUT2D eigenvalue weighted by Gasteiger charge is -2.25. The summed E-state index contributed by atoms with van der Waals surface area (Å²) < 4.78 is 9.73. The van der Waals surface area contributed by atoms with Crippen molar-refractivity contribution in [2.75, 3.05) is 63.1 Å². The quantitative estimate of drug-likeness (QED) is 0.0996. The number of rotatable bonds is 14. The third-order valence-corrected chi connectivity index (χ3v) is 5.68. The van der Waals surface area contributed by atoms with Gasteiger partial charge in [0.2, 0.25) is 11.6 Å². The van der Waals surface area contributed by atoms with Crippen LogP contribution in [-0.2, 0) is 19.1 Å². The van der Waals surface area contributed by atoms with Crippen LogP contribution in [0.15, 0.2) is 24.3 Å². The topological polar surface area (TPSA) is 175 Å². The van der Waals surface area contributed by atoms with Gasteiger partial charge in [0.05, 0.1) is 22.3 Å². The molecule has 6 N–H and O–H groups in total. The fourth-order valence-corrected chi connectivity index (χ4v) is 4.01. The van der Waals surface area contributed by atoms with E-state index in [1.54, 1.807) is 12.1 Å². The molecule has 12 heteroatoms. The zero-order chi connectivity index (χ0) is 27.7. The molecule has 204 valence electrons. The number of aromatic hydroxyl groups is 2. The van der Waals surface area contributed by atoms with Gasteiger partial charge in [-0.2, -0.15) is 0 Å². The van der Waals surface area contributed by atoms with Gasteiger partial charge in [0, 0.05) is 64.5 Å². The van der Waals surface area contributed by atoms with Crippen LogP contribution in [0, 0.1) is 0 Å². The number of ketones is 2. The minimum absolute atomic E-state index is 0.0936. The van der Waals surface area contributed by atoms with Crippen molar-refractivity contribution in [2.24, 2.45) is 0 Å². The van der Waals surface area contributed by atoms with Crippen molar-refractivity contribution in [1.29, 1.82) is 0 Å². The molecule has 2 aromatic rings. The number of esters is 2. The Morgan fingerprint density at radius 3 is 1.39 bits per heavy atom. The number of hydrogen-bond donors (Lipinski definition) is 6. The normalized spacial score (nSPS) is 11.9. The molecule has 0 amide bonds. The van der Waals surface area contributed by atoms with Gasteiger partial charge in [0.15, 0.2) is 0 Å². The minimum Gasteiger partial charge on any atom is -0.507 e. The van der Waals surface area contributed by atoms with Crippen molar-refractivity contribution >= 4 is 34.9 Å². The Bertz CT molecular complexity index is 1120. The molecule has 38 heavy (non-hydrogen) atoms. The monoisotopic (exact) mass is 528 g/mol. The van der Waals surface area contributed by atoms with E-state index in [1.165, 1.54) is 26.0 Å². The van der Waals surface area contributed by atoms with E-state index in [2.05, 4.69) is 21.3 Å². The van der Waals surface area contributed by atoms with Gasteiger partial charge >= 0.3 is 11.9 Å². The largest absolute Gasteiger partial charge is 0.507 e. The standard InChI is InChI=1S/C26H32N4O8/c1-15(31)37-13-11-27-7-9-29-17-3-4-18(30-10-8-28-12-14-38-16(2)32)22-21(17)25(35)23-19(33)5-6-20(34)24(23)26(22)36/h3-6,27-30,33-34H,7-14H2,1-2H3. The Hall–Kier alpha value is -4.16. The molecule has 2 aromatic carbocycles. The third kappa shape index (κ3) is 6.99. The Labute approximate surface area is 219 Å². The first-order valence-corrected chi connectivity index (χ1v) is 12.2. The minimum atomic E-state index is -0.587. The molecule has 12 nitrogen and oxygen atoms in total. The van der Waals surface area contributed by atoms with Gasteiger partial charge in [-0.05, 0) is 24.3 Å². The first-order valence-electron chi connectivity index (χ1n) is 12.2. The molecule has 0 saturated carbocycles. The number of ether oxygens (including phenoxy) is 2. The summed E-state index contributed by atoms with van der Waals surface area (Å²) in [4.78, 5) is 48.7. The summed E-state index contributed by atoms with van der Waals surface area (Å²) in [6.07, 6.45) is 0. The van der Waals surface area contributed by atoms with Gasteiger partial charge in [0.1, 0.15) is 24.7 Å². The van der Waals surface area contributed by atoms with E-state index in [1.807, 2.05) is 0 Å². The number of carbonyl (C=O) groups excluding carboxylic acids is 4. The number of phenols is 2. The number of hydrogen-bond acceptors (Lipinski definition) is 12. The highest BCUT2D eigenvalue weighted by Crippen LogP contribution is 2.42. The van der Waals surface area contributed by atoms with E-state index >= 15 is 0 Å². The van der Waals surface area contributed by atoms with Crippen LogP contribution in [0.25, 0.3) is 0 Å². The van der Waals surface area contributed by atoms with Gasteiger partial charge < -0.3 is 41.0 Å². The molecule has 3 rings (SSSR count). The molecule has 0 fully saturated rings. The second kappa shape index (κ2) is 13.4. The van der Waals surface area contributed by atoms with E-state index in [-0.39, 0.29) is 47.4 Å². The summed E-state index contributed by atoms with van der Waals surface area (Å²) in [7, 11) is 0. The fourth-order valence-electron chi connectivity index (χ4n) is 4.01. The summed E-state index contributed by atoms with van der Waals surface area (Å²) in [5.41, 5.74) is 0.508. The maximum Gasteiger partial charge on any atom is 0.302 e. The molecule has 0 radical (unpaired) electrons. The van der Waals surface area contributed by atoms with Crippen LogP contribution in [0.1, 0.15) is 45.7 Å². The Morgan fingerprint density at radius 1 is 0.632 bits per heavy atom. The molecule has 1 aliphatic carbocycles. The zero-order valence-corrected chi connectivity index (χ0v) is 21.3. The molecule has 0 heterocycles. The van der Waals surface area contributed by atoms with E-state index in [9.17, 15) is 29.4 Å². The SMILES string of the molecule is CC(=O)OCCNCCNc1ccc(NCCNCCOC(C)=O)c2c1C(=O)c1c(O)ccc(O)c1C2=O. The number of phenolic OH excluding ortho intramolecular Hbond substituents is 2. The first kappa shape index (κ1) is 28.4. The molecule has 0 spiro atoms. The van der Waals surface area contributed by atoms with Gasteiger partial charge in [-0.15, -0.1) is 0 Å². The van der Waals surface area contributed by atoms with Gasteiger partial charge in [-0.3, -0.25) is 19.2 Å². The van der Waals surface area contributed by atoms with Crippen molar-refractivity contribution < 1.29 is 38.9 Å². The van der Waals surface area contributed by atoms with Crippen LogP contribution in [0.3, 0.4) is 0 Å². The number of benzene rings is 2. The third-order valence-electron chi connectivity index (χ3n) is 5.68. The van der Waals surface area contributed by atoms with Crippen molar-refractivity contribution in [3.05, 3.63) is 46.5 Å². The molecule has 0 atom stereocenters. The Kier molecular flexibility index (Phi) is 10.0. The van der Waals surface area contributed by atoms with Crippen molar-refractivity contribution in [3.63, 3.8) is 0 Å². The number of fused-ring (bicyclic) bond motifs is 2. The van der Waals surface area contributed by atoms with E-state index in [4.69, 9.17) is 9.47 Å². The highest BCUT2D eigenvalue weighted by atomic mass is 16.5. The summed E-state index contributed by atoms with van der Waals surface area (Å²) in [5.74, 6) is -2.68. The van der Waals surface area contributed by atoms with E-state index in [0.29, 0.717) is 50.6 Å². The van der Waals surface area contributed by atoms with Crippen molar-refractivity contribution in [2.45, 2.75) is 13.8 Å². The van der Waals surface area contributed by atoms with Crippen molar-refractivity contribution in [3.8, 4) is 11.5 Å². The van der Waals surface area contributed by atoms with Crippen LogP contribution >= 0.6 is 0 Å². The highest BCUT2D eigenvalue weighted by Gasteiger charge is 2.37. The lowest BCUT2D eigenvalue weighted by atomic mass is 9.81. The van der Waals surface area contributed by atoms with Crippen LogP contribution in [0.4, 0.5) is 11.4 Å². The Balaban J connectivity index is 1.77. The predicted octanol–water partition coefficient (Wildman–Crippen LogP) is 1.00. The van der Waals surface area contributed by atoms with Gasteiger partial charge in [-0.1, -0.05) is 0 Å². The lowest BCUT2D eigenvalue weighted by molar-refractivity contribution is -0.141. The summed E-state index contributed by atoms with van der Waals surface area (Å²) in [6.45, 7) is 5.80.